The number of benzene rings is 3. The normalized spacial score (nSPS) is 14.1. The van der Waals surface area contributed by atoms with Gasteiger partial charge in [-0.3, -0.25) is 15.0 Å². The number of hydrogen-bond acceptors (Lipinski definition) is 9. The second-order valence-electron chi connectivity index (χ2n) is 9.40. The van der Waals surface area contributed by atoms with Crippen molar-refractivity contribution in [2.24, 2.45) is 5.10 Å². The maximum Gasteiger partial charge on any atom is 0.269 e. The third kappa shape index (κ3) is 5.94. The first-order chi connectivity index (χ1) is 20.0. The van der Waals surface area contributed by atoms with Crippen LogP contribution in [0.5, 0.6) is 5.75 Å². The zero-order valence-electron chi connectivity index (χ0n) is 22.0. The molecule has 0 aliphatic carbocycles. The van der Waals surface area contributed by atoms with Gasteiger partial charge in [0.25, 0.3) is 5.69 Å². The lowest BCUT2D eigenvalue weighted by molar-refractivity contribution is -0.384. The molecule has 1 aliphatic heterocycles. The van der Waals surface area contributed by atoms with E-state index in [4.69, 9.17) is 31.2 Å². The molecule has 5 aromatic rings. The number of aromatic nitrogens is 3. The number of nitro groups is 1. The van der Waals surface area contributed by atoms with E-state index in [2.05, 4.69) is 10.0 Å². The lowest BCUT2D eigenvalue weighted by atomic mass is 10.1. The van der Waals surface area contributed by atoms with Gasteiger partial charge in [-0.15, -0.1) is 5.10 Å². The Morgan fingerprint density at radius 1 is 1.02 bits per heavy atom. The molecule has 208 valence electrons. The zero-order chi connectivity index (χ0) is 28.2. The molecule has 1 aliphatic rings. The molecule has 0 saturated carbocycles. The predicted molar refractivity (Wildman–Crippen MR) is 156 cm³/mol. The standard InChI is InChI=1S/C29H26N6O5S/c36-35(37)23-10-8-22(9-11-23)26-13-12-24(40-26)18-30-34-28(31-33(29(34)41)20-32-14-16-38-17-15-32)19-39-27-7-3-5-21-4-1-2-6-25(21)27/h1-13,18H,14-17,19-20H2/b30-18-. The molecule has 2 aromatic heterocycles. The first kappa shape index (κ1) is 26.6. The van der Waals surface area contributed by atoms with E-state index >= 15 is 0 Å². The number of non-ortho nitro benzene ring substituents is 1. The molecule has 0 spiro atoms. The van der Waals surface area contributed by atoms with Crippen molar-refractivity contribution in [2.75, 3.05) is 26.3 Å². The van der Waals surface area contributed by atoms with Crippen LogP contribution in [0.25, 0.3) is 22.1 Å². The smallest absolute Gasteiger partial charge is 0.269 e. The Hall–Kier alpha value is -4.65. The number of nitrogens with zero attached hydrogens (tertiary/aromatic N) is 6. The maximum atomic E-state index is 11.0. The number of ether oxygens (including phenoxy) is 2. The van der Waals surface area contributed by atoms with E-state index in [1.807, 2.05) is 42.5 Å². The van der Waals surface area contributed by atoms with Crippen molar-refractivity contribution in [3.63, 3.8) is 0 Å². The molecule has 0 atom stereocenters. The first-order valence-electron chi connectivity index (χ1n) is 13.0. The van der Waals surface area contributed by atoms with Crippen molar-refractivity contribution >= 4 is 34.9 Å². The third-order valence-corrected chi connectivity index (χ3v) is 7.10. The summed E-state index contributed by atoms with van der Waals surface area (Å²) in [6, 6.07) is 23.7. The van der Waals surface area contributed by atoms with Crippen molar-refractivity contribution in [3.05, 3.63) is 105 Å². The van der Waals surface area contributed by atoms with Crippen LogP contribution in [-0.4, -0.2) is 56.8 Å². The second-order valence-corrected chi connectivity index (χ2v) is 9.76. The van der Waals surface area contributed by atoms with E-state index < -0.39 is 4.92 Å². The Kier molecular flexibility index (Phi) is 7.67. The van der Waals surface area contributed by atoms with Crippen molar-refractivity contribution in [2.45, 2.75) is 13.3 Å². The number of hydrogen-bond donors (Lipinski definition) is 0. The molecule has 6 rings (SSSR count). The van der Waals surface area contributed by atoms with Crippen LogP contribution in [0.2, 0.25) is 0 Å². The molecule has 0 N–H and O–H groups in total. The van der Waals surface area contributed by atoms with Gasteiger partial charge in [0, 0.05) is 36.2 Å². The van der Waals surface area contributed by atoms with Crippen LogP contribution in [0.15, 0.2) is 88.4 Å². The molecule has 0 bridgehead atoms. The number of fused-ring (bicyclic) bond motifs is 1. The van der Waals surface area contributed by atoms with Crippen LogP contribution in [0, 0.1) is 14.9 Å². The summed E-state index contributed by atoms with van der Waals surface area (Å²) >= 11 is 5.77. The molecule has 0 unspecified atom stereocenters. The molecule has 41 heavy (non-hydrogen) atoms. The highest BCUT2D eigenvalue weighted by atomic mass is 32.1. The highest BCUT2D eigenvalue weighted by Gasteiger charge is 2.17. The van der Waals surface area contributed by atoms with Gasteiger partial charge in [0.15, 0.2) is 5.82 Å². The largest absolute Gasteiger partial charge is 0.485 e. The summed E-state index contributed by atoms with van der Waals surface area (Å²) in [6.07, 6.45) is 1.56. The van der Waals surface area contributed by atoms with Gasteiger partial charge in [-0.25, -0.2) is 4.68 Å². The van der Waals surface area contributed by atoms with E-state index in [1.165, 1.54) is 12.1 Å². The zero-order valence-corrected chi connectivity index (χ0v) is 22.8. The van der Waals surface area contributed by atoms with Gasteiger partial charge in [0.2, 0.25) is 4.77 Å². The summed E-state index contributed by atoms with van der Waals surface area (Å²) in [4.78, 5) is 12.7. The van der Waals surface area contributed by atoms with Gasteiger partial charge in [-0.1, -0.05) is 36.4 Å². The van der Waals surface area contributed by atoms with E-state index in [0.717, 1.165) is 35.2 Å². The molecule has 3 heterocycles. The van der Waals surface area contributed by atoms with Crippen molar-refractivity contribution in [3.8, 4) is 17.1 Å². The molecule has 3 aromatic carbocycles. The number of nitro benzene ring substituents is 1. The Morgan fingerprint density at radius 3 is 2.61 bits per heavy atom. The monoisotopic (exact) mass is 570 g/mol. The molecule has 12 heteroatoms. The summed E-state index contributed by atoms with van der Waals surface area (Å²) in [7, 11) is 0. The average Bonchev–Trinajstić information content (AvgIpc) is 3.59. The second kappa shape index (κ2) is 11.8. The molecule has 1 fully saturated rings. The minimum Gasteiger partial charge on any atom is -0.485 e. The van der Waals surface area contributed by atoms with Crippen LogP contribution in [0.1, 0.15) is 11.6 Å². The Morgan fingerprint density at radius 2 is 1.80 bits per heavy atom. The Labute approximate surface area is 240 Å². The summed E-state index contributed by atoms with van der Waals surface area (Å²) in [5.74, 6) is 2.33. The van der Waals surface area contributed by atoms with Gasteiger partial charge in [-0.2, -0.15) is 9.78 Å². The fourth-order valence-electron chi connectivity index (χ4n) is 4.58. The van der Waals surface area contributed by atoms with Gasteiger partial charge in [0.05, 0.1) is 31.0 Å². The van der Waals surface area contributed by atoms with E-state index in [1.54, 1.807) is 39.8 Å². The Balaban J connectivity index is 1.27. The Bertz CT molecular complexity index is 1760. The van der Waals surface area contributed by atoms with Crippen molar-refractivity contribution in [1.29, 1.82) is 0 Å². The average molecular weight is 571 g/mol. The molecule has 0 radical (unpaired) electrons. The van der Waals surface area contributed by atoms with Crippen LogP contribution in [-0.2, 0) is 18.0 Å². The van der Waals surface area contributed by atoms with Gasteiger partial charge >= 0.3 is 0 Å². The number of furan rings is 1. The van der Waals surface area contributed by atoms with E-state index in [0.29, 0.717) is 42.0 Å². The third-order valence-electron chi connectivity index (χ3n) is 6.72. The lowest BCUT2D eigenvalue weighted by Crippen LogP contribution is -2.37. The van der Waals surface area contributed by atoms with Crippen LogP contribution < -0.4 is 4.74 Å². The van der Waals surface area contributed by atoms with Gasteiger partial charge < -0.3 is 13.9 Å². The van der Waals surface area contributed by atoms with Crippen LogP contribution >= 0.6 is 12.2 Å². The summed E-state index contributed by atoms with van der Waals surface area (Å²) in [5.41, 5.74) is 0.734. The first-order valence-corrected chi connectivity index (χ1v) is 13.4. The molecule has 11 nitrogen and oxygen atoms in total. The minimum atomic E-state index is -0.436. The van der Waals surface area contributed by atoms with E-state index in [-0.39, 0.29) is 12.3 Å². The summed E-state index contributed by atoms with van der Waals surface area (Å²) in [6.45, 7) is 3.57. The highest BCUT2D eigenvalue weighted by molar-refractivity contribution is 7.71. The van der Waals surface area contributed by atoms with Crippen LogP contribution in [0.4, 0.5) is 5.69 Å². The molecular formula is C29H26N6O5S. The number of morpholine rings is 1. The predicted octanol–water partition coefficient (Wildman–Crippen LogP) is 5.49. The van der Waals surface area contributed by atoms with E-state index in [9.17, 15) is 10.1 Å². The van der Waals surface area contributed by atoms with Crippen molar-refractivity contribution in [1.82, 2.24) is 19.4 Å². The quantitative estimate of drug-likeness (QED) is 0.0990. The molecule has 0 amide bonds. The SMILES string of the molecule is O=[N+]([O-])c1ccc(-c2ccc(/C=N\n3c(COc4cccc5ccccc45)nn(CN4CCOCC4)c3=S)o2)cc1. The molecule has 1 saturated heterocycles. The van der Waals surface area contributed by atoms with Crippen molar-refractivity contribution < 1.29 is 18.8 Å². The summed E-state index contributed by atoms with van der Waals surface area (Å²) in [5, 5.41) is 22.4. The fraction of sp³-hybridized carbons (Fsp3) is 0.207. The highest BCUT2D eigenvalue weighted by Crippen LogP contribution is 2.26. The topological polar surface area (TPSA) is 113 Å². The molecular weight excluding hydrogens is 544 g/mol. The maximum absolute atomic E-state index is 11.0. The lowest BCUT2D eigenvalue weighted by Gasteiger charge is -2.25. The van der Waals surface area contributed by atoms with Gasteiger partial charge in [-0.05, 0) is 47.9 Å². The minimum absolute atomic E-state index is 0.0174. The number of rotatable bonds is 9. The van der Waals surface area contributed by atoms with Gasteiger partial charge in [0.1, 0.15) is 23.9 Å². The van der Waals surface area contributed by atoms with Crippen LogP contribution in [0.3, 0.4) is 0 Å². The summed E-state index contributed by atoms with van der Waals surface area (Å²) < 4.78 is 21.4. The fourth-order valence-corrected chi connectivity index (χ4v) is 4.83.